The fourth-order valence-corrected chi connectivity index (χ4v) is 3.89. The zero-order chi connectivity index (χ0) is 19.4. The number of rotatable bonds is 6. The van der Waals surface area contributed by atoms with E-state index in [0.717, 1.165) is 55.0 Å². The number of carbonyl (C=O) groups is 1. The Labute approximate surface area is 162 Å². The third-order valence-corrected chi connectivity index (χ3v) is 5.45. The van der Waals surface area contributed by atoms with Gasteiger partial charge >= 0.3 is 0 Å². The number of aromatic nitrogens is 1. The number of aryl methyl sites for hydroxylation is 2. The fourth-order valence-electron chi connectivity index (χ4n) is 3.89. The van der Waals surface area contributed by atoms with Crippen molar-refractivity contribution in [2.24, 2.45) is 5.73 Å². The first-order valence-corrected chi connectivity index (χ1v) is 9.88. The molecule has 0 spiro atoms. The number of carbonyl (C=O) groups excluding carboxylic acids is 1. The van der Waals surface area contributed by atoms with E-state index < -0.39 is 0 Å². The van der Waals surface area contributed by atoms with Crippen LogP contribution in [0.5, 0.6) is 0 Å². The maximum Gasteiger partial charge on any atom is 0.255 e. The van der Waals surface area contributed by atoms with Crippen LogP contribution in [0.1, 0.15) is 46.6 Å². The Morgan fingerprint density at radius 2 is 1.89 bits per heavy atom. The molecule has 0 radical (unpaired) electrons. The molecule has 2 N–H and O–H groups in total. The van der Waals surface area contributed by atoms with Crippen LogP contribution in [0.15, 0.2) is 30.3 Å². The Bertz CT molecular complexity index is 789. The number of ether oxygens (including phenoxy) is 1. The second-order valence-electron chi connectivity index (χ2n) is 7.41. The zero-order valence-electron chi connectivity index (χ0n) is 16.7. The normalized spacial score (nSPS) is 15.3. The first-order valence-electron chi connectivity index (χ1n) is 9.88. The van der Waals surface area contributed by atoms with Crippen LogP contribution < -0.4 is 5.73 Å². The Morgan fingerprint density at radius 3 is 2.56 bits per heavy atom. The van der Waals surface area contributed by atoms with Gasteiger partial charge in [-0.05, 0) is 64.3 Å². The molecule has 3 rings (SSSR count). The third-order valence-electron chi connectivity index (χ3n) is 5.45. The molecule has 1 saturated heterocycles. The maximum absolute atomic E-state index is 13.1. The molecule has 2 aromatic rings. The lowest BCUT2D eigenvalue weighted by molar-refractivity contribution is 0.00843. The molecule has 1 aromatic carbocycles. The van der Waals surface area contributed by atoms with E-state index in [2.05, 4.69) is 30.5 Å². The second kappa shape index (κ2) is 8.72. The average molecular weight is 370 g/mol. The Balaban J connectivity index is 1.72. The van der Waals surface area contributed by atoms with Gasteiger partial charge in [-0.15, -0.1) is 0 Å². The van der Waals surface area contributed by atoms with Gasteiger partial charge in [0.2, 0.25) is 0 Å². The average Bonchev–Trinajstić information content (AvgIpc) is 2.97. The van der Waals surface area contributed by atoms with Crippen LogP contribution in [0.2, 0.25) is 0 Å². The van der Waals surface area contributed by atoms with Crippen LogP contribution in [-0.4, -0.2) is 47.7 Å². The van der Waals surface area contributed by atoms with Gasteiger partial charge < -0.3 is 19.9 Å². The van der Waals surface area contributed by atoms with E-state index in [0.29, 0.717) is 13.2 Å². The standard InChI is InChI=1S/C22H31N3O2/c1-16-7-4-5-8-21(16)25-17(2)15-20(18(25)3)22(26)24-12-9-19(10-13-24)27-14-6-11-23/h4-5,7-8,15,19H,6,9-14,23H2,1-3H3. The lowest BCUT2D eigenvalue weighted by Gasteiger charge is -2.32. The van der Waals surface area contributed by atoms with Crippen LogP contribution in [0.3, 0.4) is 0 Å². The number of hydrogen-bond acceptors (Lipinski definition) is 3. The van der Waals surface area contributed by atoms with Crippen molar-refractivity contribution in [1.82, 2.24) is 9.47 Å². The number of piperidine rings is 1. The molecule has 5 nitrogen and oxygen atoms in total. The summed E-state index contributed by atoms with van der Waals surface area (Å²) in [5.74, 6) is 0.128. The van der Waals surface area contributed by atoms with E-state index in [9.17, 15) is 4.79 Å². The first-order chi connectivity index (χ1) is 13.0. The summed E-state index contributed by atoms with van der Waals surface area (Å²) in [4.78, 5) is 15.1. The predicted octanol–water partition coefficient (Wildman–Crippen LogP) is 3.37. The van der Waals surface area contributed by atoms with Crippen LogP contribution >= 0.6 is 0 Å². The van der Waals surface area contributed by atoms with Crippen molar-refractivity contribution >= 4 is 5.91 Å². The van der Waals surface area contributed by atoms with Gasteiger partial charge in [0.1, 0.15) is 0 Å². The van der Waals surface area contributed by atoms with E-state index in [1.807, 2.05) is 30.0 Å². The van der Waals surface area contributed by atoms with Crippen molar-refractivity contribution in [3.63, 3.8) is 0 Å². The summed E-state index contributed by atoms with van der Waals surface area (Å²) >= 11 is 0. The SMILES string of the molecule is Cc1ccccc1-n1c(C)cc(C(=O)N2CCC(OCCCN)CC2)c1C. The van der Waals surface area contributed by atoms with Gasteiger partial charge in [-0.25, -0.2) is 0 Å². The Kier molecular flexibility index (Phi) is 6.34. The van der Waals surface area contributed by atoms with Gasteiger partial charge in [-0.2, -0.15) is 0 Å². The van der Waals surface area contributed by atoms with Crippen molar-refractivity contribution in [3.05, 3.63) is 52.8 Å². The minimum atomic E-state index is 0.128. The molecular weight excluding hydrogens is 338 g/mol. The summed E-state index contributed by atoms with van der Waals surface area (Å²) in [5.41, 5.74) is 10.8. The number of nitrogens with two attached hydrogens (primary N) is 1. The molecule has 1 amide bonds. The number of amides is 1. The monoisotopic (exact) mass is 369 g/mol. The van der Waals surface area contributed by atoms with E-state index in [1.165, 1.54) is 5.56 Å². The van der Waals surface area contributed by atoms with E-state index in [4.69, 9.17) is 10.5 Å². The quantitative estimate of drug-likeness (QED) is 0.794. The summed E-state index contributed by atoms with van der Waals surface area (Å²) in [6, 6.07) is 10.3. The molecule has 0 saturated carbocycles. The van der Waals surface area contributed by atoms with Gasteiger partial charge in [-0.1, -0.05) is 18.2 Å². The van der Waals surface area contributed by atoms with Crippen molar-refractivity contribution in [3.8, 4) is 5.69 Å². The minimum Gasteiger partial charge on any atom is -0.378 e. The topological polar surface area (TPSA) is 60.5 Å². The molecule has 5 heteroatoms. The summed E-state index contributed by atoms with van der Waals surface area (Å²) in [5, 5.41) is 0. The van der Waals surface area contributed by atoms with E-state index in [1.54, 1.807) is 0 Å². The number of nitrogens with zero attached hydrogens (tertiary/aromatic N) is 2. The van der Waals surface area contributed by atoms with Crippen molar-refractivity contribution < 1.29 is 9.53 Å². The summed E-state index contributed by atoms with van der Waals surface area (Å²) in [7, 11) is 0. The second-order valence-corrected chi connectivity index (χ2v) is 7.41. The predicted molar refractivity (Wildman–Crippen MR) is 109 cm³/mol. The lowest BCUT2D eigenvalue weighted by atomic mass is 10.1. The Hall–Kier alpha value is -2.11. The van der Waals surface area contributed by atoms with Crippen LogP contribution in [0.25, 0.3) is 5.69 Å². The van der Waals surface area contributed by atoms with E-state index in [-0.39, 0.29) is 12.0 Å². The van der Waals surface area contributed by atoms with Crippen LogP contribution in [0, 0.1) is 20.8 Å². The first kappa shape index (κ1) is 19.6. The van der Waals surface area contributed by atoms with Crippen molar-refractivity contribution in [2.75, 3.05) is 26.2 Å². The number of para-hydroxylation sites is 1. The Morgan fingerprint density at radius 1 is 1.19 bits per heavy atom. The molecule has 1 aliphatic rings. The van der Waals surface area contributed by atoms with Gasteiger partial charge in [0, 0.05) is 36.8 Å². The lowest BCUT2D eigenvalue weighted by Crippen LogP contribution is -2.41. The molecule has 146 valence electrons. The van der Waals surface area contributed by atoms with Gasteiger partial charge in [0.05, 0.1) is 11.7 Å². The highest BCUT2D eigenvalue weighted by molar-refractivity contribution is 5.96. The molecule has 2 heterocycles. The largest absolute Gasteiger partial charge is 0.378 e. The highest BCUT2D eigenvalue weighted by Crippen LogP contribution is 2.25. The third kappa shape index (κ3) is 4.25. The smallest absolute Gasteiger partial charge is 0.255 e. The molecule has 1 fully saturated rings. The summed E-state index contributed by atoms with van der Waals surface area (Å²) < 4.78 is 8.04. The molecule has 1 aromatic heterocycles. The van der Waals surface area contributed by atoms with Crippen molar-refractivity contribution in [2.45, 2.75) is 46.1 Å². The molecule has 27 heavy (non-hydrogen) atoms. The van der Waals surface area contributed by atoms with Gasteiger partial charge in [0.15, 0.2) is 0 Å². The number of benzene rings is 1. The molecule has 0 atom stereocenters. The summed E-state index contributed by atoms with van der Waals surface area (Å²) in [6.45, 7) is 9.08. The molecule has 0 aliphatic carbocycles. The van der Waals surface area contributed by atoms with Gasteiger partial charge in [0.25, 0.3) is 5.91 Å². The van der Waals surface area contributed by atoms with Crippen molar-refractivity contribution in [1.29, 1.82) is 0 Å². The van der Waals surface area contributed by atoms with Gasteiger partial charge in [-0.3, -0.25) is 4.79 Å². The number of likely N-dealkylation sites (tertiary alicyclic amines) is 1. The van der Waals surface area contributed by atoms with Crippen LogP contribution in [-0.2, 0) is 4.74 Å². The highest BCUT2D eigenvalue weighted by Gasteiger charge is 2.26. The van der Waals surface area contributed by atoms with Crippen LogP contribution in [0.4, 0.5) is 0 Å². The molecule has 1 aliphatic heterocycles. The van der Waals surface area contributed by atoms with E-state index >= 15 is 0 Å². The zero-order valence-corrected chi connectivity index (χ0v) is 16.7. The molecule has 0 bridgehead atoms. The number of hydrogen-bond donors (Lipinski definition) is 1. The molecular formula is C22H31N3O2. The molecule has 0 unspecified atom stereocenters. The maximum atomic E-state index is 13.1. The highest BCUT2D eigenvalue weighted by atomic mass is 16.5. The fraction of sp³-hybridized carbons (Fsp3) is 0.500. The minimum absolute atomic E-state index is 0.128. The summed E-state index contributed by atoms with van der Waals surface area (Å²) in [6.07, 6.45) is 2.93.